The van der Waals surface area contributed by atoms with E-state index in [1.54, 1.807) is 11.3 Å². The fourth-order valence-corrected chi connectivity index (χ4v) is 3.18. The maximum absolute atomic E-state index is 4.48. The first-order valence-electron chi connectivity index (χ1n) is 6.88. The van der Waals surface area contributed by atoms with Crippen LogP contribution in [0.1, 0.15) is 16.3 Å². The Hall–Kier alpha value is -1.65. The summed E-state index contributed by atoms with van der Waals surface area (Å²) in [4.78, 5) is 4.48. The van der Waals surface area contributed by atoms with Crippen LogP contribution in [0.5, 0.6) is 0 Å². The molecule has 2 heterocycles. The second-order valence-electron chi connectivity index (χ2n) is 5.07. The number of fused-ring (bicyclic) bond motifs is 1. The average Bonchev–Trinajstić information content (AvgIpc) is 3.00. The van der Waals surface area contributed by atoms with Crippen LogP contribution in [0.25, 0.3) is 10.9 Å². The number of para-hydroxylation sites is 1. The summed E-state index contributed by atoms with van der Waals surface area (Å²) in [6.45, 7) is 3.93. The van der Waals surface area contributed by atoms with E-state index in [-0.39, 0.29) is 0 Å². The van der Waals surface area contributed by atoms with Crippen molar-refractivity contribution in [2.75, 3.05) is 6.54 Å². The van der Waals surface area contributed by atoms with Gasteiger partial charge in [0.1, 0.15) is 0 Å². The molecule has 0 aliphatic rings. The third kappa shape index (κ3) is 2.76. The summed E-state index contributed by atoms with van der Waals surface area (Å²) >= 11 is 1.72. The quantitative estimate of drug-likeness (QED) is 0.729. The van der Waals surface area contributed by atoms with E-state index in [0.29, 0.717) is 0 Å². The highest BCUT2D eigenvalue weighted by Crippen LogP contribution is 2.19. The summed E-state index contributed by atoms with van der Waals surface area (Å²) in [7, 11) is 2.10. The van der Waals surface area contributed by atoms with Gasteiger partial charge in [0.25, 0.3) is 0 Å². The molecule has 0 saturated heterocycles. The molecule has 0 aliphatic heterocycles. The number of hydrogen-bond donors (Lipinski definition) is 1. The highest BCUT2D eigenvalue weighted by Gasteiger charge is 2.05. The van der Waals surface area contributed by atoms with Crippen molar-refractivity contribution in [3.8, 4) is 0 Å². The topological polar surface area (TPSA) is 29.9 Å². The SMILES string of the molecule is Cc1nc(CCNCc2cn(C)c3ccccc23)cs1. The standard InChI is InChI=1S/C16H19N3S/c1-12-18-14(11-20-12)7-8-17-9-13-10-19(2)16-6-4-3-5-15(13)16/h3-6,10-11,17H,7-9H2,1-2H3. The normalized spacial score (nSPS) is 11.3. The van der Waals surface area contributed by atoms with Crippen molar-refractivity contribution in [1.82, 2.24) is 14.9 Å². The molecule has 0 fully saturated rings. The molecule has 0 aliphatic carbocycles. The van der Waals surface area contributed by atoms with Gasteiger partial charge in [0.2, 0.25) is 0 Å². The predicted molar refractivity (Wildman–Crippen MR) is 85.2 cm³/mol. The fraction of sp³-hybridized carbons (Fsp3) is 0.312. The van der Waals surface area contributed by atoms with Gasteiger partial charge in [-0.2, -0.15) is 0 Å². The monoisotopic (exact) mass is 285 g/mol. The zero-order chi connectivity index (χ0) is 13.9. The van der Waals surface area contributed by atoms with Gasteiger partial charge in [-0.25, -0.2) is 4.98 Å². The molecule has 4 heteroatoms. The fourth-order valence-electron chi connectivity index (χ4n) is 2.53. The van der Waals surface area contributed by atoms with Crippen molar-refractivity contribution < 1.29 is 0 Å². The molecule has 104 valence electrons. The van der Waals surface area contributed by atoms with Crippen LogP contribution in [0, 0.1) is 6.92 Å². The van der Waals surface area contributed by atoms with Crippen LogP contribution in [-0.2, 0) is 20.0 Å². The third-order valence-electron chi connectivity index (χ3n) is 3.52. The van der Waals surface area contributed by atoms with Gasteiger partial charge in [-0.15, -0.1) is 11.3 Å². The first-order valence-corrected chi connectivity index (χ1v) is 7.76. The summed E-state index contributed by atoms with van der Waals surface area (Å²) in [6.07, 6.45) is 3.21. The van der Waals surface area contributed by atoms with Gasteiger partial charge >= 0.3 is 0 Å². The van der Waals surface area contributed by atoms with E-state index in [1.807, 2.05) is 0 Å². The highest BCUT2D eigenvalue weighted by atomic mass is 32.1. The number of nitrogens with zero attached hydrogens (tertiary/aromatic N) is 2. The Balaban J connectivity index is 1.60. The van der Waals surface area contributed by atoms with Crippen molar-refractivity contribution in [3.05, 3.63) is 52.1 Å². The Morgan fingerprint density at radius 1 is 1.30 bits per heavy atom. The van der Waals surface area contributed by atoms with Gasteiger partial charge in [-0.05, 0) is 18.6 Å². The summed E-state index contributed by atoms with van der Waals surface area (Å²) in [5.41, 5.74) is 3.84. The first kappa shape index (κ1) is 13.3. The molecule has 0 bridgehead atoms. The van der Waals surface area contributed by atoms with E-state index < -0.39 is 0 Å². The predicted octanol–water partition coefficient (Wildman–Crippen LogP) is 3.28. The summed E-state index contributed by atoms with van der Waals surface area (Å²) in [5, 5.41) is 8.15. The molecule has 2 aromatic heterocycles. The number of rotatable bonds is 5. The molecule has 3 nitrogen and oxygen atoms in total. The maximum Gasteiger partial charge on any atom is 0.0897 e. The van der Waals surface area contributed by atoms with E-state index >= 15 is 0 Å². The second kappa shape index (κ2) is 5.77. The van der Waals surface area contributed by atoms with Crippen molar-refractivity contribution >= 4 is 22.2 Å². The molecule has 0 saturated carbocycles. The van der Waals surface area contributed by atoms with Crippen LogP contribution in [0.2, 0.25) is 0 Å². The zero-order valence-corrected chi connectivity index (χ0v) is 12.7. The van der Waals surface area contributed by atoms with Crippen LogP contribution in [0.3, 0.4) is 0 Å². The lowest BCUT2D eigenvalue weighted by Gasteiger charge is -2.02. The molecule has 20 heavy (non-hydrogen) atoms. The number of aromatic nitrogens is 2. The van der Waals surface area contributed by atoms with E-state index in [2.05, 4.69) is 64.7 Å². The molecular formula is C16H19N3S. The Kier molecular flexibility index (Phi) is 3.85. The minimum Gasteiger partial charge on any atom is -0.350 e. The van der Waals surface area contributed by atoms with Gasteiger partial charge in [-0.3, -0.25) is 0 Å². The molecule has 1 aromatic carbocycles. The summed E-state index contributed by atoms with van der Waals surface area (Å²) < 4.78 is 2.19. The van der Waals surface area contributed by atoms with Gasteiger partial charge in [0.05, 0.1) is 10.7 Å². The van der Waals surface area contributed by atoms with Crippen molar-refractivity contribution in [1.29, 1.82) is 0 Å². The molecule has 3 aromatic rings. The maximum atomic E-state index is 4.48. The zero-order valence-electron chi connectivity index (χ0n) is 11.9. The first-order chi connectivity index (χ1) is 9.74. The van der Waals surface area contributed by atoms with E-state index in [0.717, 1.165) is 24.5 Å². The molecule has 0 radical (unpaired) electrons. The molecule has 0 atom stereocenters. The Labute approximate surface area is 123 Å². The van der Waals surface area contributed by atoms with E-state index in [1.165, 1.54) is 22.2 Å². The van der Waals surface area contributed by atoms with Gasteiger partial charge in [0.15, 0.2) is 0 Å². The molecule has 3 rings (SSSR count). The number of aryl methyl sites for hydroxylation is 2. The highest BCUT2D eigenvalue weighted by molar-refractivity contribution is 7.09. The Morgan fingerprint density at radius 2 is 2.15 bits per heavy atom. The lowest BCUT2D eigenvalue weighted by molar-refractivity contribution is 0.682. The molecule has 1 N–H and O–H groups in total. The van der Waals surface area contributed by atoms with Crippen molar-refractivity contribution in [3.63, 3.8) is 0 Å². The Bertz CT molecular complexity index is 711. The van der Waals surface area contributed by atoms with Crippen LogP contribution in [0.15, 0.2) is 35.8 Å². The molecule has 0 unspecified atom stereocenters. The lowest BCUT2D eigenvalue weighted by Crippen LogP contribution is -2.16. The molecular weight excluding hydrogens is 266 g/mol. The van der Waals surface area contributed by atoms with Crippen molar-refractivity contribution in [2.24, 2.45) is 7.05 Å². The van der Waals surface area contributed by atoms with Crippen LogP contribution < -0.4 is 5.32 Å². The van der Waals surface area contributed by atoms with E-state index in [4.69, 9.17) is 0 Å². The van der Waals surface area contributed by atoms with Gasteiger partial charge in [0, 0.05) is 49.0 Å². The van der Waals surface area contributed by atoms with Gasteiger partial charge < -0.3 is 9.88 Å². The van der Waals surface area contributed by atoms with Crippen molar-refractivity contribution in [2.45, 2.75) is 19.9 Å². The number of benzene rings is 1. The minimum atomic E-state index is 0.907. The van der Waals surface area contributed by atoms with Crippen LogP contribution in [-0.4, -0.2) is 16.1 Å². The van der Waals surface area contributed by atoms with E-state index in [9.17, 15) is 0 Å². The second-order valence-corrected chi connectivity index (χ2v) is 6.13. The number of hydrogen-bond acceptors (Lipinski definition) is 3. The largest absolute Gasteiger partial charge is 0.350 e. The smallest absolute Gasteiger partial charge is 0.0897 e. The third-order valence-corrected chi connectivity index (χ3v) is 4.34. The molecule has 0 spiro atoms. The van der Waals surface area contributed by atoms with Crippen LogP contribution in [0.4, 0.5) is 0 Å². The average molecular weight is 285 g/mol. The summed E-state index contributed by atoms with van der Waals surface area (Å²) in [5.74, 6) is 0. The van der Waals surface area contributed by atoms with Crippen LogP contribution >= 0.6 is 11.3 Å². The lowest BCUT2D eigenvalue weighted by atomic mass is 10.2. The number of nitrogens with one attached hydrogen (secondary N) is 1. The number of thiazole rings is 1. The van der Waals surface area contributed by atoms with Gasteiger partial charge in [-0.1, -0.05) is 18.2 Å². The summed E-state index contributed by atoms with van der Waals surface area (Å²) in [6, 6.07) is 8.54. The Morgan fingerprint density at radius 3 is 2.95 bits per heavy atom. The minimum absolute atomic E-state index is 0.907. The molecule has 0 amide bonds.